The molecule has 3 aromatic carbocycles. The van der Waals surface area contributed by atoms with E-state index < -0.39 is 0 Å². The van der Waals surface area contributed by atoms with Gasteiger partial charge in [-0.05, 0) is 78.3 Å². The summed E-state index contributed by atoms with van der Waals surface area (Å²) in [6.45, 7) is 8.74. The maximum Gasteiger partial charge on any atom is -0.00195 e. The summed E-state index contributed by atoms with van der Waals surface area (Å²) in [6, 6.07) is 18.1. The van der Waals surface area contributed by atoms with E-state index in [2.05, 4.69) is 76.2 Å². The van der Waals surface area contributed by atoms with Crippen molar-refractivity contribution in [1.29, 1.82) is 0 Å². The number of hydrogen-bond acceptors (Lipinski definition) is 0. The van der Waals surface area contributed by atoms with Crippen LogP contribution in [0.4, 0.5) is 0 Å². The van der Waals surface area contributed by atoms with E-state index in [1.807, 2.05) is 0 Å². The van der Waals surface area contributed by atoms with Crippen LogP contribution in [0.25, 0.3) is 10.8 Å². The molecule has 0 heterocycles. The lowest BCUT2D eigenvalue weighted by molar-refractivity contribution is 1.18. The van der Waals surface area contributed by atoms with E-state index in [0.717, 1.165) is 6.42 Å². The normalized spacial score (nSPS) is 11.0. The van der Waals surface area contributed by atoms with Crippen molar-refractivity contribution < 1.29 is 0 Å². The first kappa shape index (κ1) is 13.9. The summed E-state index contributed by atoms with van der Waals surface area (Å²) in [6.07, 6.45) is 1.00. The predicted molar refractivity (Wildman–Crippen MR) is 92.1 cm³/mol. The number of aryl methyl sites for hydroxylation is 4. The second kappa shape index (κ2) is 5.37. The topological polar surface area (TPSA) is 0 Å². The van der Waals surface area contributed by atoms with Gasteiger partial charge >= 0.3 is 0 Å². The summed E-state index contributed by atoms with van der Waals surface area (Å²) < 4.78 is 0. The third kappa shape index (κ3) is 2.71. The largest absolute Gasteiger partial charge is 0.0613 e. The molecular formula is C21H22. The molecule has 3 aromatic rings. The summed E-state index contributed by atoms with van der Waals surface area (Å²) in [5, 5.41) is 2.73. The number of fused-ring (bicyclic) bond motifs is 1. The molecule has 21 heavy (non-hydrogen) atoms. The number of rotatable bonds is 2. The van der Waals surface area contributed by atoms with Gasteiger partial charge in [0.2, 0.25) is 0 Å². The van der Waals surface area contributed by atoms with Gasteiger partial charge in [-0.15, -0.1) is 0 Å². The molecule has 0 saturated heterocycles. The summed E-state index contributed by atoms with van der Waals surface area (Å²) in [4.78, 5) is 0. The molecule has 106 valence electrons. The molecule has 0 aliphatic rings. The Balaban J connectivity index is 2.07. The molecule has 0 aromatic heterocycles. The van der Waals surface area contributed by atoms with E-state index >= 15 is 0 Å². The van der Waals surface area contributed by atoms with Crippen molar-refractivity contribution in [3.63, 3.8) is 0 Å². The Bertz CT molecular complexity index is 810. The maximum absolute atomic E-state index is 2.33. The molecule has 0 spiro atoms. The van der Waals surface area contributed by atoms with Gasteiger partial charge in [0.15, 0.2) is 0 Å². The van der Waals surface area contributed by atoms with E-state index in [4.69, 9.17) is 0 Å². The van der Waals surface area contributed by atoms with Crippen molar-refractivity contribution in [2.24, 2.45) is 0 Å². The molecule has 0 radical (unpaired) electrons. The van der Waals surface area contributed by atoms with Gasteiger partial charge in [0.1, 0.15) is 0 Å². The fourth-order valence-electron chi connectivity index (χ4n) is 2.90. The van der Waals surface area contributed by atoms with E-state index in [1.165, 1.54) is 44.2 Å². The molecule has 0 unspecified atom stereocenters. The van der Waals surface area contributed by atoms with Crippen LogP contribution in [0.2, 0.25) is 0 Å². The Kier molecular flexibility index (Phi) is 3.55. The smallest absolute Gasteiger partial charge is 0.00195 e. The summed E-state index contributed by atoms with van der Waals surface area (Å²) in [5.41, 5.74) is 8.28. The van der Waals surface area contributed by atoms with E-state index in [9.17, 15) is 0 Å². The lowest BCUT2D eigenvalue weighted by Crippen LogP contribution is -1.93. The van der Waals surface area contributed by atoms with Crippen LogP contribution >= 0.6 is 0 Å². The molecule has 0 atom stereocenters. The van der Waals surface area contributed by atoms with Crippen molar-refractivity contribution >= 4 is 10.8 Å². The van der Waals surface area contributed by atoms with Crippen LogP contribution < -0.4 is 0 Å². The maximum atomic E-state index is 2.33. The minimum Gasteiger partial charge on any atom is -0.0613 e. The van der Waals surface area contributed by atoms with Crippen molar-refractivity contribution in [3.05, 3.63) is 81.9 Å². The molecule has 0 nitrogen and oxygen atoms in total. The summed E-state index contributed by atoms with van der Waals surface area (Å²) in [7, 11) is 0. The van der Waals surface area contributed by atoms with Crippen LogP contribution in [0.3, 0.4) is 0 Å². The highest BCUT2D eigenvalue weighted by atomic mass is 14.1. The SMILES string of the molecule is Cc1ccc(Cc2cccc3cc(C)c(C)cc23)cc1C. The number of hydrogen-bond donors (Lipinski definition) is 0. The third-order valence-electron chi connectivity index (χ3n) is 4.55. The van der Waals surface area contributed by atoms with Gasteiger partial charge in [-0.2, -0.15) is 0 Å². The molecule has 0 fully saturated rings. The fourth-order valence-corrected chi connectivity index (χ4v) is 2.90. The van der Waals surface area contributed by atoms with Crippen LogP contribution in [-0.4, -0.2) is 0 Å². The summed E-state index contributed by atoms with van der Waals surface area (Å²) >= 11 is 0. The number of benzene rings is 3. The monoisotopic (exact) mass is 274 g/mol. The zero-order valence-electron chi connectivity index (χ0n) is 13.3. The highest BCUT2D eigenvalue weighted by Crippen LogP contribution is 2.25. The van der Waals surface area contributed by atoms with Crippen LogP contribution in [-0.2, 0) is 6.42 Å². The summed E-state index contributed by atoms with van der Waals surface area (Å²) in [5.74, 6) is 0. The first-order chi connectivity index (χ1) is 10.0. The Morgan fingerprint density at radius 1 is 0.667 bits per heavy atom. The second-order valence-electron chi connectivity index (χ2n) is 6.17. The zero-order chi connectivity index (χ0) is 15.0. The lowest BCUT2D eigenvalue weighted by atomic mass is 9.94. The molecule has 0 bridgehead atoms. The minimum atomic E-state index is 1.00. The predicted octanol–water partition coefficient (Wildman–Crippen LogP) is 5.66. The van der Waals surface area contributed by atoms with Gasteiger partial charge < -0.3 is 0 Å². The Hall–Kier alpha value is -2.08. The molecule has 0 aliphatic heterocycles. The molecular weight excluding hydrogens is 252 g/mol. The van der Waals surface area contributed by atoms with Gasteiger partial charge in [0, 0.05) is 0 Å². The highest BCUT2D eigenvalue weighted by molar-refractivity contribution is 5.87. The molecule has 0 saturated carbocycles. The molecule has 0 N–H and O–H groups in total. The zero-order valence-corrected chi connectivity index (χ0v) is 13.3. The van der Waals surface area contributed by atoms with Gasteiger partial charge in [-0.3, -0.25) is 0 Å². The van der Waals surface area contributed by atoms with Crippen LogP contribution in [0.15, 0.2) is 48.5 Å². The third-order valence-corrected chi connectivity index (χ3v) is 4.55. The molecule has 0 aliphatic carbocycles. The molecule has 3 rings (SSSR count). The minimum absolute atomic E-state index is 1.00. The second-order valence-corrected chi connectivity index (χ2v) is 6.17. The fraction of sp³-hybridized carbons (Fsp3) is 0.238. The van der Waals surface area contributed by atoms with Gasteiger partial charge in [-0.25, -0.2) is 0 Å². The van der Waals surface area contributed by atoms with Crippen molar-refractivity contribution in [2.45, 2.75) is 34.1 Å². The van der Waals surface area contributed by atoms with E-state index in [1.54, 1.807) is 0 Å². The van der Waals surface area contributed by atoms with Crippen molar-refractivity contribution in [3.8, 4) is 0 Å². The standard InChI is InChI=1S/C21H22/c1-14-8-9-18(10-15(14)2)13-20-7-5-6-19-11-16(3)17(4)12-21(19)20/h5-12H,13H2,1-4H3. The Morgan fingerprint density at radius 3 is 2.14 bits per heavy atom. The van der Waals surface area contributed by atoms with Crippen LogP contribution in [0.5, 0.6) is 0 Å². The first-order valence-electron chi connectivity index (χ1n) is 7.59. The lowest BCUT2D eigenvalue weighted by Gasteiger charge is -2.11. The average Bonchev–Trinajstić information content (AvgIpc) is 2.45. The van der Waals surface area contributed by atoms with Gasteiger partial charge in [0.05, 0.1) is 0 Å². The van der Waals surface area contributed by atoms with Crippen LogP contribution in [0, 0.1) is 27.7 Å². The molecule has 0 heteroatoms. The van der Waals surface area contributed by atoms with Crippen molar-refractivity contribution in [2.75, 3.05) is 0 Å². The average molecular weight is 274 g/mol. The van der Waals surface area contributed by atoms with E-state index in [0.29, 0.717) is 0 Å². The van der Waals surface area contributed by atoms with Crippen molar-refractivity contribution in [1.82, 2.24) is 0 Å². The Labute approximate surface area is 127 Å². The molecule has 0 amide bonds. The Morgan fingerprint density at radius 2 is 1.38 bits per heavy atom. The van der Waals surface area contributed by atoms with E-state index in [-0.39, 0.29) is 0 Å². The van der Waals surface area contributed by atoms with Gasteiger partial charge in [0.25, 0.3) is 0 Å². The van der Waals surface area contributed by atoms with Crippen LogP contribution in [0.1, 0.15) is 33.4 Å². The highest BCUT2D eigenvalue weighted by Gasteiger charge is 2.05. The van der Waals surface area contributed by atoms with Gasteiger partial charge in [-0.1, -0.05) is 48.5 Å². The first-order valence-corrected chi connectivity index (χ1v) is 7.59. The quantitative estimate of drug-likeness (QED) is 0.565.